The van der Waals surface area contributed by atoms with E-state index in [0.29, 0.717) is 0 Å². The molecule has 0 heterocycles. The first-order valence-electron chi connectivity index (χ1n) is 5.47. The van der Waals surface area contributed by atoms with Crippen molar-refractivity contribution in [2.24, 2.45) is 5.41 Å². The molecule has 0 fully saturated rings. The molecule has 94 valence electrons. The van der Waals surface area contributed by atoms with Crippen molar-refractivity contribution < 1.29 is 14.7 Å². The molecule has 0 rings (SSSR count). The highest BCUT2D eigenvalue weighted by Gasteiger charge is 2.16. The van der Waals surface area contributed by atoms with Gasteiger partial charge in [0, 0.05) is 12.6 Å². The van der Waals surface area contributed by atoms with E-state index in [0.717, 1.165) is 6.42 Å². The summed E-state index contributed by atoms with van der Waals surface area (Å²) in [5, 5.41) is 13.7. The maximum absolute atomic E-state index is 11.3. The van der Waals surface area contributed by atoms with Crippen molar-refractivity contribution in [1.82, 2.24) is 10.6 Å². The monoisotopic (exact) mass is 230 g/mol. The number of carboxylic acid groups (broad SMARTS) is 1. The van der Waals surface area contributed by atoms with E-state index < -0.39 is 5.97 Å². The molecule has 0 aromatic rings. The van der Waals surface area contributed by atoms with Gasteiger partial charge in [-0.2, -0.15) is 0 Å². The van der Waals surface area contributed by atoms with E-state index in [9.17, 15) is 9.59 Å². The van der Waals surface area contributed by atoms with Crippen molar-refractivity contribution in [1.29, 1.82) is 0 Å². The summed E-state index contributed by atoms with van der Waals surface area (Å²) in [4.78, 5) is 21.5. The van der Waals surface area contributed by atoms with Gasteiger partial charge in [0.2, 0.25) is 0 Å². The zero-order chi connectivity index (χ0) is 12.8. The Bertz CT molecular complexity index is 246. The van der Waals surface area contributed by atoms with Crippen LogP contribution in [0.5, 0.6) is 0 Å². The van der Waals surface area contributed by atoms with E-state index in [1.165, 1.54) is 0 Å². The number of amides is 2. The second-order valence-corrected chi connectivity index (χ2v) is 5.21. The zero-order valence-corrected chi connectivity index (χ0v) is 10.5. The summed E-state index contributed by atoms with van der Waals surface area (Å²) in [6, 6.07) is -0.233. The van der Waals surface area contributed by atoms with E-state index in [2.05, 4.69) is 31.4 Å². The standard InChI is InChI=1S/C11H22N2O3/c1-8(7-11(2,3)4)13-10(16)12-6-5-9(14)15/h8H,5-7H2,1-4H3,(H,14,15)(H2,12,13,16). The van der Waals surface area contributed by atoms with Crippen LogP contribution in [0, 0.1) is 5.41 Å². The predicted molar refractivity (Wildman–Crippen MR) is 62.3 cm³/mol. The number of nitrogens with one attached hydrogen (secondary N) is 2. The van der Waals surface area contributed by atoms with Crippen LogP contribution in [0.2, 0.25) is 0 Å². The SMILES string of the molecule is CC(CC(C)(C)C)NC(=O)NCCC(=O)O. The highest BCUT2D eigenvalue weighted by atomic mass is 16.4. The third-order valence-electron chi connectivity index (χ3n) is 1.92. The smallest absolute Gasteiger partial charge is 0.315 e. The summed E-state index contributed by atoms with van der Waals surface area (Å²) in [6.45, 7) is 8.40. The molecule has 5 nitrogen and oxygen atoms in total. The minimum absolute atomic E-state index is 0.0545. The summed E-state index contributed by atoms with van der Waals surface area (Å²) in [5.74, 6) is -0.914. The highest BCUT2D eigenvalue weighted by molar-refractivity contribution is 5.75. The fourth-order valence-electron chi connectivity index (χ4n) is 1.53. The van der Waals surface area contributed by atoms with Crippen molar-refractivity contribution >= 4 is 12.0 Å². The van der Waals surface area contributed by atoms with Gasteiger partial charge in [0.05, 0.1) is 6.42 Å². The molecule has 3 N–H and O–H groups in total. The Morgan fingerprint density at radius 1 is 1.31 bits per heavy atom. The first-order chi connectivity index (χ1) is 7.20. The van der Waals surface area contributed by atoms with E-state index in [1.54, 1.807) is 0 Å². The van der Waals surface area contributed by atoms with Gasteiger partial charge in [-0.05, 0) is 18.8 Å². The van der Waals surface area contributed by atoms with E-state index in [1.807, 2.05) is 6.92 Å². The molecule has 1 atom stereocenters. The fraction of sp³-hybridized carbons (Fsp3) is 0.818. The molecule has 0 saturated carbocycles. The molecule has 0 radical (unpaired) electrons. The molecular formula is C11H22N2O3. The fourth-order valence-corrected chi connectivity index (χ4v) is 1.53. The first kappa shape index (κ1) is 14.7. The lowest BCUT2D eigenvalue weighted by Gasteiger charge is -2.23. The van der Waals surface area contributed by atoms with Gasteiger partial charge in [-0.1, -0.05) is 20.8 Å². The second-order valence-electron chi connectivity index (χ2n) is 5.21. The molecule has 0 saturated heterocycles. The van der Waals surface area contributed by atoms with Gasteiger partial charge in [-0.3, -0.25) is 4.79 Å². The van der Waals surface area contributed by atoms with Crippen LogP contribution in [0.25, 0.3) is 0 Å². The van der Waals surface area contributed by atoms with Crippen LogP contribution in [0.4, 0.5) is 4.79 Å². The quantitative estimate of drug-likeness (QED) is 0.671. The topological polar surface area (TPSA) is 78.4 Å². The summed E-state index contributed by atoms with van der Waals surface area (Å²) in [6.07, 6.45) is 0.820. The van der Waals surface area contributed by atoms with E-state index in [-0.39, 0.29) is 30.5 Å². The van der Waals surface area contributed by atoms with Gasteiger partial charge in [0.15, 0.2) is 0 Å². The van der Waals surface area contributed by atoms with Crippen LogP contribution in [0.1, 0.15) is 40.5 Å². The summed E-state index contributed by atoms with van der Waals surface area (Å²) < 4.78 is 0. The molecule has 0 aliphatic heterocycles. The molecular weight excluding hydrogens is 208 g/mol. The molecule has 5 heteroatoms. The minimum Gasteiger partial charge on any atom is -0.481 e. The number of rotatable bonds is 5. The molecule has 0 aromatic heterocycles. The summed E-state index contributed by atoms with van der Waals surface area (Å²) in [5.41, 5.74) is 0.160. The first-order valence-corrected chi connectivity index (χ1v) is 5.47. The Morgan fingerprint density at radius 3 is 2.31 bits per heavy atom. The Balaban J connectivity index is 3.74. The molecule has 0 aliphatic rings. The highest BCUT2D eigenvalue weighted by Crippen LogP contribution is 2.20. The van der Waals surface area contributed by atoms with Gasteiger partial charge in [-0.25, -0.2) is 4.79 Å². The van der Waals surface area contributed by atoms with Crippen LogP contribution < -0.4 is 10.6 Å². The van der Waals surface area contributed by atoms with Crippen LogP contribution in [0.3, 0.4) is 0 Å². The molecule has 0 aromatic carbocycles. The maximum atomic E-state index is 11.3. The van der Waals surface area contributed by atoms with Crippen LogP contribution in [-0.4, -0.2) is 29.7 Å². The lowest BCUT2D eigenvalue weighted by Crippen LogP contribution is -2.42. The molecule has 16 heavy (non-hydrogen) atoms. The van der Waals surface area contributed by atoms with Crippen molar-refractivity contribution in [2.75, 3.05) is 6.54 Å². The van der Waals surface area contributed by atoms with Crippen LogP contribution >= 0.6 is 0 Å². The average Bonchev–Trinajstić information content (AvgIpc) is 1.98. The molecule has 0 spiro atoms. The minimum atomic E-state index is -0.914. The molecule has 1 unspecified atom stereocenters. The van der Waals surface area contributed by atoms with E-state index >= 15 is 0 Å². The molecule has 0 bridgehead atoms. The van der Waals surface area contributed by atoms with Crippen molar-refractivity contribution in [3.63, 3.8) is 0 Å². The van der Waals surface area contributed by atoms with Crippen LogP contribution in [0.15, 0.2) is 0 Å². The van der Waals surface area contributed by atoms with Gasteiger partial charge in [0.25, 0.3) is 0 Å². The normalized spacial score (nSPS) is 13.0. The second kappa shape index (κ2) is 6.35. The maximum Gasteiger partial charge on any atom is 0.315 e. The number of urea groups is 1. The number of hydrogen-bond donors (Lipinski definition) is 3. The lowest BCUT2D eigenvalue weighted by molar-refractivity contribution is -0.136. The average molecular weight is 230 g/mol. The Labute approximate surface area is 96.6 Å². The Kier molecular flexibility index (Phi) is 5.85. The van der Waals surface area contributed by atoms with Crippen LogP contribution in [-0.2, 0) is 4.79 Å². The summed E-state index contributed by atoms with van der Waals surface area (Å²) >= 11 is 0. The molecule has 2 amide bonds. The van der Waals surface area contributed by atoms with Gasteiger partial charge in [-0.15, -0.1) is 0 Å². The largest absolute Gasteiger partial charge is 0.481 e. The Hall–Kier alpha value is -1.26. The predicted octanol–water partition coefficient (Wildman–Crippen LogP) is 1.59. The number of aliphatic carboxylic acids is 1. The summed E-state index contributed by atoms with van der Waals surface area (Å²) in [7, 11) is 0. The number of carbonyl (C=O) groups is 2. The third-order valence-corrected chi connectivity index (χ3v) is 1.92. The third kappa shape index (κ3) is 9.30. The lowest BCUT2D eigenvalue weighted by atomic mass is 9.89. The number of carbonyl (C=O) groups excluding carboxylic acids is 1. The van der Waals surface area contributed by atoms with Crippen molar-refractivity contribution in [3.8, 4) is 0 Å². The zero-order valence-electron chi connectivity index (χ0n) is 10.5. The van der Waals surface area contributed by atoms with Crippen molar-refractivity contribution in [3.05, 3.63) is 0 Å². The number of carboxylic acids is 1. The van der Waals surface area contributed by atoms with Gasteiger partial charge in [0.1, 0.15) is 0 Å². The number of hydrogen-bond acceptors (Lipinski definition) is 2. The van der Waals surface area contributed by atoms with Gasteiger partial charge < -0.3 is 15.7 Å². The Morgan fingerprint density at radius 2 is 1.88 bits per heavy atom. The van der Waals surface area contributed by atoms with Gasteiger partial charge >= 0.3 is 12.0 Å². The molecule has 0 aliphatic carbocycles. The van der Waals surface area contributed by atoms with Crippen molar-refractivity contribution in [2.45, 2.75) is 46.6 Å². The van der Waals surface area contributed by atoms with E-state index in [4.69, 9.17) is 5.11 Å².